The van der Waals surface area contributed by atoms with Gasteiger partial charge in [0.25, 0.3) is 0 Å². The molecule has 0 spiro atoms. The minimum atomic E-state index is -1.53. The van der Waals surface area contributed by atoms with Gasteiger partial charge in [-0.3, -0.25) is 14.4 Å². The summed E-state index contributed by atoms with van der Waals surface area (Å²) in [7, 11) is 0. The van der Waals surface area contributed by atoms with Gasteiger partial charge in [0, 0.05) is 17.8 Å². The Morgan fingerprint density at radius 3 is 2.41 bits per heavy atom. The van der Waals surface area contributed by atoms with E-state index in [0.717, 1.165) is 19.3 Å². The summed E-state index contributed by atoms with van der Waals surface area (Å²) in [5, 5.41) is 9.98. The Kier molecular flexibility index (Phi) is 2.77. The molecular weight excluding hydrogens is 280 g/mol. The molecule has 0 aromatic rings. The monoisotopic (exact) mass is 302 g/mol. The van der Waals surface area contributed by atoms with E-state index in [1.165, 1.54) is 0 Å². The minimum absolute atomic E-state index is 0.0582. The van der Waals surface area contributed by atoms with Crippen LogP contribution in [0.1, 0.15) is 33.1 Å². The highest BCUT2D eigenvalue weighted by atomic mass is 16.4. The van der Waals surface area contributed by atoms with Crippen molar-refractivity contribution in [1.82, 2.24) is 0 Å². The maximum Gasteiger partial charge on any atom is 0.318 e. The van der Waals surface area contributed by atoms with Crippen LogP contribution < -0.4 is 0 Å². The zero-order valence-corrected chi connectivity index (χ0v) is 13.0. The largest absolute Gasteiger partial charge is 0.480 e. The van der Waals surface area contributed by atoms with E-state index in [9.17, 15) is 19.5 Å². The molecule has 4 aliphatic rings. The molecule has 0 amide bonds. The Hall–Kier alpha value is -1.45. The summed E-state index contributed by atoms with van der Waals surface area (Å²) in [5.74, 6) is -2.45. The van der Waals surface area contributed by atoms with Crippen molar-refractivity contribution in [2.75, 3.05) is 0 Å². The highest BCUT2D eigenvalue weighted by Crippen LogP contribution is 2.62. The van der Waals surface area contributed by atoms with E-state index in [1.807, 2.05) is 19.1 Å². The van der Waals surface area contributed by atoms with Crippen molar-refractivity contribution in [3.8, 4) is 0 Å². The van der Waals surface area contributed by atoms with Crippen LogP contribution in [0.3, 0.4) is 0 Å². The molecule has 0 saturated heterocycles. The van der Waals surface area contributed by atoms with Crippen LogP contribution in [0.2, 0.25) is 0 Å². The molecule has 4 rings (SSSR count). The summed E-state index contributed by atoms with van der Waals surface area (Å²) in [5.41, 5.74) is -1.53. The summed E-state index contributed by atoms with van der Waals surface area (Å²) in [6, 6.07) is 0. The quantitative estimate of drug-likeness (QED) is 0.596. The van der Waals surface area contributed by atoms with Crippen LogP contribution >= 0.6 is 0 Å². The maximum atomic E-state index is 13.3. The van der Waals surface area contributed by atoms with Crippen molar-refractivity contribution in [3.05, 3.63) is 12.2 Å². The molecule has 3 fully saturated rings. The molecule has 4 aliphatic carbocycles. The molecule has 4 nitrogen and oxygen atoms in total. The topological polar surface area (TPSA) is 71.4 Å². The van der Waals surface area contributed by atoms with Crippen molar-refractivity contribution in [2.24, 2.45) is 46.8 Å². The molecule has 118 valence electrons. The van der Waals surface area contributed by atoms with E-state index in [4.69, 9.17) is 0 Å². The lowest BCUT2D eigenvalue weighted by Gasteiger charge is -2.51. The van der Waals surface area contributed by atoms with Crippen molar-refractivity contribution in [2.45, 2.75) is 33.1 Å². The number of carboxylic acids is 1. The second-order valence-corrected chi connectivity index (χ2v) is 7.84. The van der Waals surface area contributed by atoms with Crippen molar-refractivity contribution < 1.29 is 19.5 Å². The fraction of sp³-hybridized carbons (Fsp3) is 0.722. The Morgan fingerprint density at radius 1 is 1.14 bits per heavy atom. The molecule has 4 heteroatoms. The molecule has 0 aromatic carbocycles. The van der Waals surface area contributed by atoms with Gasteiger partial charge in [0.05, 0.1) is 0 Å². The van der Waals surface area contributed by atoms with Crippen LogP contribution in [-0.4, -0.2) is 22.6 Å². The van der Waals surface area contributed by atoms with Crippen LogP contribution in [0.5, 0.6) is 0 Å². The SMILES string of the molecule is C[C@@H]1C=C[C@H](C)[C@H]2C(=O)C3C(C(=O)[C@]12C(=O)O)[C@H]1CC[C@@H]3C1. The number of carboxylic acid groups (broad SMARTS) is 1. The average Bonchev–Trinajstić information content (AvgIpc) is 3.07. The van der Waals surface area contributed by atoms with Crippen molar-refractivity contribution in [3.63, 3.8) is 0 Å². The highest BCUT2D eigenvalue weighted by molar-refractivity contribution is 6.14. The van der Waals surface area contributed by atoms with Crippen LogP contribution in [0.25, 0.3) is 0 Å². The number of ketones is 2. The van der Waals surface area contributed by atoms with Crippen molar-refractivity contribution in [1.29, 1.82) is 0 Å². The summed E-state index contributed by atoms with van der Waals surface area (Å²) >= 11 is 0. The molecule has 2 unspecified atom stereocenters. The zero-order valence-electron chi connectivity index (χ0n) is 13.0. The van der Waals surface area contributed by atoms with Gasteiger partial charge in [-0.15, -0.1) is 0 Å². The Balaban J connectivity index is 1.92. The van der Waals surface area contributed by atoms with E-state index >= 15 is 0 Å². The summed E-state index contributed by atoms with van der Waals surface area (Å²) < 4.78 is 0. The molecule has 0 radical (unpaired) electrons. The standard InChI is InChI=1S/C18H22O4/c1-8-3-4-9(2)18(17(21)22)14(8)15(19)12-10-5-6-11(7-10)13(12)16(18)20/h3-4,8-14H,5-7H2,1-2H3,(H,21,22)/t8-,9+,10+,11-,12?,13?,14-,18-/m0/s1. The van der Waals surface area contributed by atoms with E-state index in [0.29, 0.717) is 5.92 Å². The predicted molar refractivity (Wildman–Crippen MR) is 78.9 cm³/mol. The first-order valence-electron chi connectivity index (χ1n) is 8.40. The van der Waals surface area contributed by atoms with Gasteiger partial charge in [0.15, 0.2) is 5.78 Å². The molecule has 0 aliphatic heterocycles. The Bertz CT molecular complexity index is 606. The Labute approximate surface area is 130 Å². The van der Waals surface area contributed by atoms with Gasteiger partial charge in [-0.1, -0.05) is 26.0 Å². The van der Waals surface area contributed by atoms with Crippen LogP contribution in [0, 0.1) is 46.8 Å². The van der Waals surface area contributed by atoms with Gasteiger partial charge in [-0.2, -0.15) is 0 Å². The van der Waals surface area contributed by atoms with Crippen LogP contribution in [-0.2, 0) is 14.4 Å². The van der Waals surface area contributed by atoms with Gasteiger partial charge in [-0.05, 0) is 42.9 Å². The van der Waals surface area contributed by atoms with E-state index in [-0.39, 0.29) is 35.2 Å². The van der Waals surface area contributed by atoms with Crippen LogP contribution in [0.4, 0.5) is 0 Å². The summed E-state index contributed by atoms with van der Waals surface area (Å²) in [6.45, 7) is 3.66. The van der Waals surface area contributed by atoms with Gasteiger partial charge in [-0.25, -0.2) is 0 Å². The molecule has 3 saturated carbocycles. The number of allylic oxidation sites excluding steroid dienone is 2. The smallest absolute Gasteiger partial charge is 0.318 e. The number of fused-ring (bicyclic) bond motifs is 6. The van der Waals surface area contributed by atoms with E-state index in [2.05, 4.69) is 0 Å². The molecule has 0 heterocycles. The second kappa shape index (κ2) is 4.30. The van der Waals surface area contributed by atoms with Gasteiger partial charge < -0.3 is 5.11 Å². The number of rotatable bonds is 1. The lowest BCUT2D eigenvalue weighted by atomic mass is 9.47. The predicted octanol–water partition coefficient (Wildman–Crippen LogP) is 2.33. The lowest BCUT2D eigenvalue weighted by Crippen LogP contribution is -2.64. The fourth-order valence-corrected chi connectivity index (χ4v) is 6.16. The first-order chi connectivity index (χ1) is 10.4. The number of hydrogen-bond donors (Lipinski definition) is 1. The molecular formula is C18H22O4. The third kappa shape index (κ3) is 1.37. The molecule has 8 atom stereocenters. The van der Waals surface area contributed by atoms with Crippen molar-refractivity contribution >= 4 is 17.5 Å². The maximum absolute atomic E-state index is 13.3. The highest BCUT2D eigenvalue weighted by Gasteiger charge is 2.71. The molecule has 0 aromatic heterocycles. The van der Waals surface area contributed by atoms with E-state index < -0.39 is 23.2 Å². The number of carbonyl (C=O) groups is 3. The van der Waals surface area contributed by atoms with Gasteiger partial charge in [0.1, 0.15) is 11.2 Å². The summed E-state index contributed by atoms with van der Waals surface area (Å²) in [4.78, 5) is 38.7. The lowest BCUT2D eigenvalue weighted by molar-refractivity contribution is -0.178. The molecule has 22 heavy (non-hydrogen) atoms. The number of Topliss-reactive ketones (excluding diaryl/α,β-unsaturated/α-hetero) is 2. The van der Waals surface area contributed by atoms with Gasteiger partial charge in [0.2, 0.25) is 0 Å². The van der Waals surface area contributed by atoms with Crippen LogP contribution in [0.15, 0.2) is 12.2 Å². The average molecular weight is 302 g/mol. The zero-order chi connectivity index (χ0) is 15.8. The first-order valence-corrected chi connectivity index (χ1v) is 8.40. The first kappa shape index (κ1) is 14.2. The third-order valence-electron chi connectivity index (χ3n) is 7.05. The molecule has 2 bridgehead atoms. The normalized spacial score (nSPS) is 52.5. The summed E-state index contributed by atoms with van der Waals surface area (Å²) in [6.07, 6.45) is 6.69. The minimum Gasteiger partial charge on any atom is -0.480 e. The van der Waals surface area contributed by atoms with Gasteiger partial charge >= 0.3 is 5.97 Å². The number of carbonyl (C=O) groups excluding carboxylic acids is 2. The second-order valence-electron chi connectivity index (χ2n) is 7.84. The Morgan fingerprint density at radius 2 is 1.77 bits per heavy atom. The fourth-order valence-electron chi connectivity index (χ4n) is 6.16. The van der Waals surface area contributed by atoms with E-state index in [1.54, 1.807) is 6.92 Å². The molecule has 1 N–H and O–H groups in total. The third-order valence-corrected chi connectivity index (χ3v) is 7.05. The number of hydrogen-bond acceptors (Lipinski definition) is 3. The number of aliphatic carboxylic acids is 1.